The molecule has 2 amide bonds. The number of hydrogen-bond donors (Lipinski definition) is 1. The van der Waals surface area contributed by atoms with Gasteiger partial charge in [0.1, 0.15) is 11.9 Å². The van der Waals surface area contributed by atoms with Gasteiger partial charge in [-0.2, -0.15) is 0 Å². The molecule has 3 rings (SSSR count). The summed E-state index contributed by atoms with van der Waals surface area (Å²) in [4.78, 5) is 39.6. The van der Waals surface area contributed by atoms with Crippen molar-refractivity contribution < 1.29 is 18.9 Å². The molecule has 3 aromatic rings. The Bertz CT molecular complexity index is 1180. The van der Waals surface area contributed by atoms with Gasteiger partial charge in [-0.15, -0.1) is 0 Å². The van der Waals surface area contributed by atoms with E-state index in [1.807, 2.05) is 44.2 Å². The maximum atomic E-state index is 13.7. The van der Waals surface area contributed by atoms with Crippen LogP contribution >= 0.6 is 0 Å². The Morgan fingerprint density at radius 1 is 0.972 bits per heavy atom. The van der Waals surface area contributed by atoms with Crippen molar-refractivity contribution in [2.45, 2.75) is 51.7 Å². The summed E-state index contributed by atoms with van der Waals surface area (Å²) in [5, 5.41) is 14.5. The Kier molecular flexibility index (Phi) is 9.27. The molecule has 7 nitrogen and oxygen atoms in total. The molecule has 0 aromatic heterocycles. The van der Waals surface area contributed by atoms with E-state index in [1.165, 1.54) is 29.2 Å². The molecular weight excluding hydrogens is 461 g/mol. The largest absolute Gasteiger partial charge is 0.352 e. The molecule has 0 unspecified atom stereocenters. The summed E-state index contributed by atoms with van der Waals surface area (Å²) < 4.78 is 13.5. The van der Waals surface area contributed by atoms with Crippen LogP contribution in [0.3, 0.4) is 0 Å². The Morgan fingerprint density at radius 2 is 1.61 bits per heavy atom. The second-order valence-electron chi connectivity index (χ2n) is 8.73. The van der Waals surface area contributed by atoms with Gasteiger partial charge in [-0.3, -0.25) is 19.7 Å². The minimum Gasteiger partial charge on any atom is -0.352 e. The number of amides is 2. The van der Waals surface area contributed by atoms with E-state index in [4.69, 9.17) is 0 Å². The number of halogens is 1. The average molecular weight is 492 g/mol. The topological polar surface area (TPSA) is 92.6 Å². The van der Waals surface area contributed by atoms with Crippen molar-refractivity contribution >= 4 is 17.5 Å². The first-order chi connectivity index (χ1) is 17.3. The third-order valence-electron chi connectivity index (χ3n) is 6.07. The summed E-state index contributed by atoms with van der Waals surface area (Å²) in [5.74, 6) is -1.16. The van der Waals surface area contributed by atoms with Gasteiger partial charge in [0.2, 0.25) is 11.8 Å². The van der Waals surface area contributed by atoms with Gasteiger partial charge in [0.15, 0.2) is 0 Å². The molecule has 0 fully saturated rings. The normalized spacial score (nSPS) is 12.4. The predicted molar refractivity (Wildman–Crippen MR) is 136 cm³/mol. The highest BCUT2D eigenvalue weighted by molar-refractivity contribution is 5.89. The standard InChI is InChI=1S/C28H30FN3O4/c1-3-20(2)30-28(34)26(17-21-9-5-4-6-10-21)31(19-22-13-15-24(29)16-14-22)27(33)18-23-11-7-8-12-25(23)32(35)36/h4-16,20,26H,3,17-19H2,1-2H3,(H,30,34)/t20-,26-/m0/s1. The number of carbonyl (C=O) groups is 2. The fourth-order valence-corrected chi connectivity index (χ4v) is 3.88. The van der Waals surface area contributed by atoms with Gasteiger partial charge in [-0.25, -0.2) is 4.39 Å². The van der Waals surface area contributed by atoms with Crippen LogP contribution in [-0.2, 0) is 29.0 Å². The third-order valence-corrected chi connectivity index (χ3v) is 6.07. The van der Waals surface area contributed by atoms with Gasteiger partial charge in [0, 0.05) is 30.6 Å². The van der Waals surface area contributed by atoms with E-state index >= 15 is 0 Å². The second-order valence-corrected chi connectivity index (χ2v) is 8.73. The molecule has 0 aliphatic heterocycles. The molecule has 188 valence electrons. The molecular formula is C28H30FN3O4. The third kappa shape index (κ3) is 7.21. The first-order valence-corrected chi connectivity index (χ1v) is 11.9. The van der Waals surface area contributed by atoms with E-state index in [0.717, 1.165) is 5.56 Å². The number of rotatable bonds is 11. The van der Waals surface area contributed by atoms with Crippen molar-refractivity contribution in [3.63, 3.8) is 0 Å². The van der Waals surface area contributed by atoms with Crippen molar-refractivity contribution in [2.75, 3.05) is 0 Å². The summed E-state index contributed by atoms with van der Waals surface area (Å²) >= 11 is 0. The molecule has 0 spiro atoms. The second kappa shape index (κ2) is 12.6. The van der Waals surface area contributed by atoms with Crippen LogP contribution in [0.1, 0.15) is 37.0 Å². The number of nitro benzene ring substituents is 1. The summed E-state index contributed by atoms with van der Waals surface area (Å²) in [7, 11) is 0. The lowest BCUT2D eigenvalue weighted by atomic mass is 10.0. The van der Waals surface area contributed by atoms with Crippen molar-refractivity contribution in [2.24, 2.45) is 0 Å². The molecule has 0 radical (unpaired) electrons. The summed E-state index contributed by atoms with van der Waals surface area (Å²) in [6, 6.07) is 20.2. The number of benzene rings is 3. The van der Waals surface area contributed by atoms with Crippen LogP contribution in [0.25, 0.3) is 0 Å². The lowest BCUT2D eigenvalue weighted by Crippen LogP contribution is -2.52. The van der Waals surface area contributed by atoms with Crippen LogP contribution in [0.4, 0.5) is 10.1 Å². The molecule has 36 heavy (non-hydrogen) atoms. The number of nitrogens with zero attached hydrogens (tertiary/aromatic N) is 2. The highest BCUT2D eigenvalue weighted by Gasteiger charge is 2.32. The smallest absolute Gasteiger partial charge is 0.273 e. The first-order valence-electron chi connectivity index (χ1n) is 11.9. The number of hydrogen-bond acceptors (Lipinski definition) is 4. The van der Waals surface area contributed by atoms with E-state index in [1.54, 1.807) is 24.3 Å². The molecule has 1 N–H and O–H groups in total. The van der Waals surface area contributed by atoms with Gasteiger partial charge in [-0.1, -0.05) is 67.6 Å². The fourth-order valence-electron chi connectivity index (χ4n) is 3.88. The molecule has 8 heteroatoms. The molecule has 0 aliphatic rings. The van der Waals surface area contributed by atoms with Crippen molar-refractivity contribution in [3.05, 3.63) is 111 Å². The molecule has 0 bridgehead atoms. The Balaban J connectivity index is 2.01. The monoisotopic (exact) mass is 491 g/mol. The van der Waals surface area contributed by atoms with Crippen molar-refractivity contribution in [1.82, 2.24) is 10.2 Å². The number of para-hydroxylation sites is 1. The van der Waals surface area contributed by atoms with Crippen molar-refractivity contribution in [1.29, 1.82) is 0 Å². The molecule has 0 aliphatic carbocycles. The van der Waals surface area contributed by atoms with E-state index < -0.39 is 22.7 Å². The molecule has 3 aromatic carbocycles. The number of carbonyl (C=O) groups excluding carboxylic acids is 2. The zero-order chi connectivity index (χ0) is 26.1. The SMILES string of the molecule is CC[C@H](C)NC(=O)[C@H](Cc1ccccc1)N(Cc1ccc(F)cc1)C(=O)Cc1ccccc1[N+](=O)[O-]. The van der Waals surface area contributed by atoms with Crippen LogP contribution in [0.2, 0.25) is 0 Å². The maximum Gasteiger partial charge on any atom is 0.273 e. The maximum absolute atomic E-state index is 13.7. The molecule has 0 saturated carbocycles. The summed E-state index contributed by atoms with van der Waals surface area (Å²) in [5.41, 5.74) is 1.61. The predicted octanol–water partition coefficient (Wildman–Crippen LogP) is 4.83. The number of nitro groups is 1. The van der Waals surface area contributed by atoms with E-state index in [2.05, 4.69) is 5.32 Å². The Hall–Kier alpha value is -4.07. The highest BCUT2D eigenvalue weighted by Crippen LogP contribution is 2.22. The van der Waals surface area contributed by atoms with E-state index in [9.17, 15) is 24.1 Å². The van der Waals surface area contributed by atoms with Gasteiger partial charge in [0.05, 0.1) is 11.3 Å². The zero-order valence-corrected chi connectivity index (χ0v) is 20.4. The minimum absolute atomic E-state index is 0.0468. The van der Waals surface area contributed by atoms with Crippen LogP contribution in [0, 0.1) is 15.9 Å². The summed E-state index contributed by atoms with van der Waals surface area (Å²) in [6.07, 6.45) is 0.721. The quantitative estimate of drug-likeness (QED) is 0.307. The fraction of sp³-hybridized carbons (Fsp3) is 0.286. The molecule has 0 heterocycles. The van der Waals surface area contributed by atoms with E-state index in [-0.39, 0.29) is 42.6 Å². The highest BCUT2D eigenvalue weighted by atomic mass is 19.1. The lowest BCUT2D eigenvalue weighted by molar-refractivity contribution is -0.385. The Labute approximate surface area is 210 Å². The van der Waals surface area contributed by atoms with Gasteiger partial charge < -0.3 is 10.2 Å². The first kappa shape index (κ1) is 26.5. The van der Waals surface area contributed by atoms with Crippen LogP contribution in [0.5, 0.6) is 0 Å². The van der Waals surface area contributed by atoms with Crippen LogP contribution in [-0.4, -0.2) is 33.7 Å². The van der Waals surface area contributed by atoms with Gasteiger partial charge >= 0.3 is 0 Å². The van der Waals surface area contributed by atoms with Gasteiger partial charge in [0.25, 0.3) is 5.69 Å². The minimum atomic E-state index is -0.873. The molecule has 2 atom stereocenters. The zero-order valence-electron chi connectivity index (χ0n) is 20.4. The van der Waals surface area contributed by atoms with Gasteiger partial charge in [-0.05, 0) is 36.6 Å². The molecule has 0 saturated heterocycles. The van der Waals surface area contributed by atoms with Crippen LogP contribution in [0.15, 0.2) is 78.9 Å². The Morgan fingerprint density at radius 3 is 2.25 bits per heavy atom. The van der Waals surface area contributed by atoms with E-state index in [0.29, 0.717) is 12.0 Å². The average Bonchev–Trinajstić information content (AvgIpc) is 2.87. The van der Waals surface area contributed by atoms with Crippen LogP contribution < -0.4 is 5.32 Å². The van der Waals surface area contributed by atoms with Crippen molar-refractivity contribution in [3.8, 4) is 0 Å². The number of nitrogens with one attached hydrogen (secondary N) is 1. The summed E-state index contributed by atoms with van der Waals surface area (Å²) in [6.45, 7) is 3.88. The lowest BCUT2D eigenvalue weighted by Gasteiger charge is -2.32.